The van der Waals surface area contributed by atoms with Gasteiger partial charge in [-0.25, -0.2) is 4.39 Å². The average Bonchev–Trinajstić information content (AvgIpc) is 2.41. The SMILES string of the molecule is Cc1ccccc1NC(=O)c1ccc(F)c(B(O)O)c1. The van der Waals surface area contributed by atoms with Crippen molar-refractivity contribution in [3.8, 4) is 0 Å². The smallest absolute Gasteiger partial charge is 0.423 e. The largest absolute Gasteiger partial charge is 0.491 e. The molecule has 6 heteroatoms. The second kappa shape index (κ2) is 5.86. The van der Waals surface area contributed by atoms with Crippen molar-refractivity contribution >= 4 is 24.2 Å². The minimum absolute atomic E-state index is 0.151. The Kier molecular flexibility index (Phi) is 4.17. The summed E-state index contributed by atoms with van der Waals surface area (Å²) in [5.74, 6) is -1.21. The maximum atomic E-state index is 13.3. The summed E-state index contributed by atoms with van der Waals surface area (Å²) in [6, 6.07) is 10.7. The summed E-state index contributed by atoms with van der Waals surface area (Å²) in [6.07, 6.45) is 0. The molecule has 0 aliphatic carbocycles. The number of anilines is 1. The molecule has 4 nitrogen and oxygen atoms in total. The molecule has 2 aromatic carbocycles. The molecular weight excluding hydrogens is 260 g/mol. The molecule has 0 unspecified atom stereocenters. The summed E-state index contributed by atoms with van der Waals surface area (Å²) < 4.78 is 13.3. The second-order valence-corrected chi connectivity index (χ2v) is 4.38. The number of halogens is 1. The molecule has 1 amide bonds. The van der Waals surface area contributed by atoms with Crippen LogP contribution >= 0.6 is 0 Å². The van der Waals surface area contributed by atoms with Crippen LogP contribution in [0.4, 0.5) is 10.1 Å². The Bertz CT molecular complexity index is 646. The van der Waals surface area contributed by atoms with E-state index in [1.54, 1.807) is 12.1 Å². The molecule has 2 rings (SSSR count). The molecule has 0 aliphatic rings. The standard InChI is InChI=1S/C14H13BFNO3/c1-9-4-2-3-5-13(9)17-14(18)10-6-7-12(16)11(8-10)15(19)20/h2-8,19-20H,1H3,(H,17,18). The van der Waals surface area contributed by atoms with E-state index >= 15 is 0 Å². The number of amides is 1. The minimum atomic E-state index is -1.96. The number of hydrogen-bond donors (Lipinski definition) is 3. The molecule has 0 saturated heterocycles. The van der Waals surface area contributed by atoms with Gasteiger partial charge < -0.3 is 15.4 Å². The van der Waals surface area contributed by atoms with Gasteiger partial charge in [0.25, 0.3) is 5.91 Å². The normalized spacial score (nSPS) is 10.2. The first-order valence-corrected chi connectivity index (χ1v) is 6.01. The first-order valence-electron chi connectivity index (χ1n) is 6.01. The Morgan fingerprint density at radius 2 is 1.90 bits per heavy atom. The number of carbonyl (C=O) groups is 1. The zero-order valence-corrected chi connectivity index (χ0v) is 10.8. The lowest BCUT2D eigenvalue weighted by Gasteiger charge is -2.09. The molecule has 2 aromatic rings. The van der Waals surface area contributed by atoms with Crippen molar-refractivity contribution < 1.29 is 19.2 Å². The van der Waals surface area contributed by atoms with E-state index in [0.717, 1.165) is 17.7 Å². The van der Waals surface area contributed by atoms with Gasteiger partial charge in [-0.1, -0.05) is 18.2 Å². The van der Waals surface area contributed by atoms with Crippen LogP contribution in [0.3, 0.4) is 0 Å². The highest BCUT2D eigenvalue weighted by Gasteiger charge is 2.19. The fourth-order valence-corrected chi connectivity index (χ4v) is 1.79. The van der Waals surface area contributed by atoms with Crippen LogP contribution in [0.2, 0.25) is 0 Å². The Morgan fingerprint density at radius 3 is 2.55 bits per heavy atom. The van der Waals surface area contributed by atoms with E-state index in [1.165, 1.54) is 6.07 Å². The Labute approximate surface area is 116 Å². The molecule has 20 heavy (non-hydrogen) atoms. The monoisotopic (exact) mass is 273 g/mol. The molecule has 0 aliphatic heterocycles. The molecular formula is C14H13BFNO3. The molecule has 0 saturated carbocycles. The summed E-state index contributed by atoms with van der Waals surface area (Å²) in [4.78, 5) is 12.1. The van der Waals surface area contributed by atoms with Gasteiger partial charge in [-0.2, -0.15) is 0 Å². The predicted octanol–water partition coefficient (Wildman–Crippen LogP) is 1.07. The van der Waals surface area contributed by atoms with Crippen molar-refractivity contribution in [2.45, 2.75) is 6.92 Å². The maximum Gasteiger partial charge on any atom is 0.491 e. The van der Waals surface area contributed by atoms with Crippen molar-refractivity contribution in [3.05, 3.63) is 59.4 Å². The maximum absolute atomic E-state index is 13.3. The molecule has 0 fully saturated rings. The van der Waals surface area contributed by atoms with Crippen LogP contribution in [-0.2, 0) is 0 Å². The van der Waals surface area contributed by atoms with Crippen molar-refractivity contribution in [2.24, 2.45) is 0 Å². The number of carbonyl (C=O) groups excluding carboxylic acids is 1. The summed E-state index contributed by atoms with van der Waals surface area (Å²) >= 11 is 0. The van der Waals surface area contributed by atoms with Crippen LogP contribution in [0.15, 0.2) is 42.5 Å². The quantitative estimate of drug-likeness (QED) is 0.732. The lowest BCUT2D eigenvalue weighted by Crippen LogP contribution is -2.33. The topological polar surface area (TPSA) is 69.6 Å². The zero-order valence-electron chi connectivity index (χ0n) is 10.8. The highest BCUT2D eigenvalue weighted by molar-refractivity contribution is 6.58. The average molecular weight is 273 g/mol. The first-order chi connectivity index (χ1) is 9.49. The summed E-state index contributed by atoms with van der Waals surface area (Å²) in [7, 11) is -1.96. The Balaban J connectivity index is 2.26. The second-order valence-electron chi connectivity index (χ2n) is 4.38. The summed E-state index contributed by atoms with van der Waals surface area (Å²) in [5.41, 5.74) is 1.36. The molecule has 0 radical (unpaired) electrons. The predicted molar refractivity (Wildman–Crippen MR) is 75.4 cm³/mol. The van der Waals surface area contributed by atoms with Gasteiger partial charge in [-0.15, -0.1) is 0 Å². The molecule has 0 spiro atoms. The third-order valence-electron chi connectivity index (χ3n) is 2.93. The van der Waals surface area contributed by atoms with Crippen LogP contribution in [0, 0.1) is 12.7 Å². The van der Waals surface area contributed by atoms with Gasteiger partial charge in [0.15, 0.2) is 0 Å². The fraction of sp³-hybridized carbons (Fsp3) is 0.0714. The molecule has 0 aromatic heterocycles. The number of aryl methyl sites for hydroxylation is 1. The van der Waals surface area contributed by atoms with Gasteiger partial charge in [-0.3, -0.25) is 4.79 Å². The highest BCUT2D eigenvalue weighted by atomic mass is 19.1. The van der Waals surface area contributed by atoms with Crippen molar-refractivity contribution in [2.75, 3.05) is 5.32 Å². The number of hydrogen-bond acceptors (Lipinski definition) is 3. The van der Waals surface area contributed by atoms with E-state index in [-0.39, 0.29) is 11.0 Å². The van der Waals surface area contributed by atoms with Gasteiger partial charge in [0.1, 0.15) is 5.82 Å². The van der Waals surface area contributed by atoms with E-state index in [1.807, 2.05) is 19.1 Å². The third kappa shape index (κ3) is 3.04. The number of para-hydroxylation sites is 1. The molecule has 3 N–H and O–H groups in total. The number of nitrogens with one attached hydrogen (secondary N) is 1. The highest BCUT2D eigenvalue weighted by Crippen LogP contribution is 2.14. The lowest BCUT2D eigenvalue weighted by atomic mass is 9.79. The Morgan fingerprint density at radius 1 is 1.20 bits per heavy atom. The van der Waals surface area contributed by atoms with Gasteiger partial charge in [0, 0.05) is 16.7 Å². The lowest BCUT2D eigenvalue weighted by molar-refractivity contribution is 0.102. The summed E-state index contributed by atoms with van der Waals surface area (Å²) in [6.45, 7) is 1.85. The molecule has 102 valence electrons. The van der Waals surface area contributed by atoms with E-state index in [2.05, 4.69) is 5.32 Å². The van der Waals surface area contributed by atoms with Crippen molar-refractivity contribution in [3.63, 3.8) is 0 Å². The summed E-state index contributed by atoms with van der Waals surface area (Å²) in [5, 5.41) is 20.7. The first kappa shape index (κ1) is 14.2. The van der Waals surface area contributed by atoms with Gasteiger partial charge in [0.2, 0.25) is 0 Å². The van der Waals surface area contributed by atoms with Crippen molar-refractivity contribution in [1.29, 1.82) is 0 Å². The van der Waals surface area contributed by atoms with Gasteiger partial charge in [0.05, 0.1) is 0 Å². The van der Waals surface area contributed by atoms with E-state index in [4.69, 9.17) is 10.0 Å². The number of benzene rings is 2. The van der Waals surface area contributed by atoms with Crippen LogP contribution in [0.5, 0.6) is 0 Å². The number of rotatable bonds is 3. The van der Waals surface area contributed by atoms with Crippen LogP contribution in [-0.4, -0.2) is 23.1 Å². The van der Waals surface area contributed by atoms with Gasteiger partial charge in [-0.05, 0) is 36.8 Å². The van der Waals surface area contributed by atoms with Crippen LogP contribution < -0.4 is 10.8 Å². The van der Waals surface area contributed by atoms with E-state index < -0.39 is 18.8 Å². The zero-order chi connectivity index (χ0) is 14.7. The van der Waals surface area contributed by atoms with E-state index in [9.17, 15) is 9.18 Å². The Hall–Kier alpha value is -2.18. The molecule has 0 heterocycles. The van der Waals surface area contributed by atoms with Gasteiger partial charge >= 0.3 is 7.12 Å². The third-order valence-corrected chi connectivity index (χ3v) is 2.93. The fourth-order valence-electron chi connectivity index (χ4n) is 1.79. The molecule has 0 atom stereocenters. The minimum Gasteiger partial charge on any atom is -0.423 e. The van der Waals surface area contributed by atoms with Crippen molar-refractivity contribution in [1.82, 2.24) is 0 Å². The van der Waals surface area contributed by atoms with E-state index in [0.29, 0.717) is 5.69 Å². The van der Waals surface area contributed by atoms with Crippen LogP contribution in [0.1, 0.15) is 15.9 Å². The molecule has 0 bridgehead atoms. The van der Waals surface area contributed by atoms with Crippen LogP contribution in [0.25, 0.3) is 0 Å².